The maximum atomic E-state index is 14.3. The highest BCUT2D eigenvalue weighted by Crippen LogP contribution is 2.29. The molecule has 41 heavy (non-hydrogen) atoms. The van der Waals surface area contributed by atoms with Crippen LogP contribution in [0.4, 0.5) is 20.2 Å². The average molecular weight is 561 g/mol. The standard InChI is InChI=1S/C32H34F2N4O3/c33-24-12-10-22(11-13-24)21-35-31(40)27-20-25(36-30(39)23-6-1-2-7-23)14-15-29(27)37-16-5-17-38(19-18-37)32(41)26-8-3-4-9-28(26)34/h3-4,8-15,20,23H,1-2,5-7,16-19,21H2,(H,35,40)(H,36,39). The van der Waals surface area contributed by atoms with E-state index in [1.54, 1.807) is 41.3 Å². The first-order valence-corrected chi connectivity index (χ1v) is 14.2. The zero-order chi connectivity index (χ0) is 28.8. The molecular formula is C32H34F2N4O3. The van der Waals surface area contributed by atoms with Gasteiger partial charge in [-0.15, -0.1) is 0 Å². The molecule has 0 radical (unpaired) electrons. The summed E-state index contributed by atoms with van der Waals surface area (Å²) in [6.45, 7) is 2.08. The summed E-state index contributed by atoms with van der Waals surface area (Å²) in [6, 6.07) is 17.2. The van der Waals surface area contributed by atoms with Gasteiger partial charge in [0.15, 0.2) is 0 Å². The van der Waals surface area contributed by atoms with Gasteiger partial charge in [-0.25, -0.2) is 8.78 Å². The molecule has 2 N–H and O–H groups in total. The lowest BCUT2D eigenvalue weighted by Gasteiger charge is -2.26. The summed E-state index contributed by atoms with van der Waals surface area (Å²) in [6.07, 6.45) is 4.45. The molecule has 3 amide bonds. The van der Waals surface area contributed by atoms with E-state index in [0.29, 0.717) is 49.5 Å². The molecule has 7 nitrogen and oxygen atoms in total. The smallest absolute Gasteiger partial charge is 0.256 e. The minimum absolute atomic E-state index is 0.0194. The number of rotatable bonds is 7. The molecule has 5 rings (SSSR count). The number of anilines is 2. The van der Waals surface area contributed by atoms with E-state index < -0.39 is 5.82 Å². The van der Waals surface area contributed by atoms with E-state index in [4.69, 9.17) is 0 Å². The Labute approximate surface area is 238 Å². The molecule has 0 aromatic heterocycles. The molecule has 0 atom stereocenters. The second kappa shape index (κ2) is 12.9. The van der Waals surface area contributed by atoms with Crippen molar-refractivity contribution in [2.45, 2.75) is 38.6 Å². The topological polar surface area (TPSA) is 81.8 Å². The predicted molar refractivity (Wildman–Crippen MR) is 154 cm³/mol. The first kappa shape index (κ1) is 28.3. The largest absolute Gasteiger partial charge is 0.369 e. The lowest BCUT2D eigenvalue weighted by molar-refractivity contribution is -0.119. The Morgan fingerprint density at radius 3 is 2.32 bits per heavy atom. The van der Waals surface area contributed by atoms with Gasteiger partial charge in [0.1, 0.15) is 11.6 Å². The second-order valence-electron chi connectivity index (χ2n) is 10.6. The molecule has 3 aromatic rings. The Balaban J connectivity index is 1.35. The first-order valence-electron chi connectivity index (χ1n) is 14.2. The zero-order valence-electron chi connectivity index (χ0n) is 22.9. The number of nitrogens with zero attached hydrogens (tertiary/aromatic N) is 2. The summed E-state index contributed by atoms with van der Waals surface area (Å²) < 4.78 is 27.6. The molecule has 9 heteroatoms. The number of amides is 3. The van der Waals surface area contributed by atoms with E-state index in [-0.39, 0.29) is 41.6 Å². The summed E-state index contributed by atoms with van der Waals surface area (Å²) in [4.78, 5) is 43.0. The summed E-state index contributed by atoms with van der Waals surface area (Å²) in [5, 5.41) is 5.89. The lowest BCUT2D eigenvalue weighted by atomic mass is 10.1. The van der Waals surface area contributed by atoms with Crippen molar-refractivity contribution in [3.8, 4) is 0 Å². The number of carbonyl (C=O) groups excluding carboxylic acids is 3. The van der Waals surface area contributed by atoms with Gasteiger partial charge in [0, 0.05) is 50.0 Å². The molecule has 1 aliphatic carbocycles. The fourth-order valence-corrected chi connectivity index (χ4v) is 5.55. The van der Waals surface area contributed by atoms with Crippen LogP contribution in [0.3, 0.4) is 0 Å². The van der Waals surface area contributed by atoms with Crippen LogP contribution in [-0.2, 0) is 11.3 Å². The third-order valence-electron chi connectivity index (χ3n) is 7.83. The van der Waals surface area contributed by atoms with E-state index in [0.717, 1.165) is 31.2 Å². The van der Waals surface area contributed by atoms with Crippen LogP contribution in [0, 0.1) is 17.6 Å². The predicted octanol–water partition coefficient (Wildman–Crippen LogP) is 5.38. The molecular weight excluding hydrogens is 526 g/mol. The highest BCUT2D eigenvalue weighted by Gasteiger charge is 2.26. The monoisotopic (exact) mass is 560 g/mol. The van der Waals surface area contributed by atoms with Gasteiger partial charge in [-0.3, -0.25) is 14.4 Å². The quantitative estimate of drug-likeness (QED) is 0.407. The van der Waals surface area contributed by atoms with E-state index >= 15 is 0 Å². The minimum Gasteiger partial charge on any atom is -0.369 e. The lowest BCUT2D eigenvalue weighted by Crippen LogP contribution is -2.36. The van der Waals surface area contributed by atoms with Crippen molar-refractivity contribution in [3.05, 3.63) is 95.1 Å². The summed E-state index contributed by atoms with van der Waals surface area (Å²) >= 11 is 0. The van der Waals surface area contributed by atoms with Crippen LogP contribution in [0.15, 0.2) is 66.7 Å². The van der Waals surface area contributed by atoms with Crippen LogP contribution in [0.25, 0.3) is 0 Å². The van der Waals surface area contributed by atoms with Gasteiger partial charge in [0.05, 0.1) is 11.1 Å². The van der Waals surface area contributed by atoms with E-state index in [1.807, 2.05) is 11.0 Å². The van der Waals surface area contributed by atoms with Crippen molar-refractivity contribution in [2.24, 2.45) is 5.92 Å². The molecule has 1 heterocycles. The highest BCUT2D eigenvalue weighted by atomic mass is 19.1. The number of hydrogen-bond donors (Lipinski definition) is 2. The fraction of sp³-hybridized carbons (Fsp3) is 0.344. The molecule has 0 bridgehead atoms. The Morgan fingerprint density at radius 2 is 1.56 bits per heavy atom. The van der Waals surface area contributed by atoms with Gasteiger partial charge in [-0.1, -0.05) is 37.1 Å². The first-order chi connectivity index (χ1) is 19.9. The van der Waals surface area contributed by atoms with Gasteiger partial charge in [0.25, 0.3) is 11.8 Å². The molecule has 1 saturated carbocycles. The SMILES string of the molecule is O=C(NCc1ccc(F)cc1)c1cc(NC(=O)C2CCCC2)ccc1N1CCCN(C(=O)c2ccccc2F)CC1. The van der Waals surface area contributed by atoms with Crippen LogP contribution in [0.1, 0.15) is 58.4 Å². The van der Waals surface area contributed by atoms with Crippen molar-refractivity contribution in [2.75, 3.05) is 36.4 Å². The number of hydrogen-bond acceptors (Lipinski definition) is 4. The molecule has 1 aliphatic heterocycles. The fourth-order valence-electron chi connectivity index (χ4n) is 5.55. The van der Waals surface area contributed by atoms with Gasteiger partial charge in [-0.2, -0.15) is 0 Å². The molecule has 3 aromatic carbocycles. The number of nitrogens with one attached hydrogen (secondary N) is 2. The Morgan fingerprint density at radius 1 is 0.805 bits per heavy atom. The Bertz CT molecular complexity index is 1410. The van der Waals surface area contributed by atoms with Crippen LogP contribution < -0.4 is 15.5 Å². The van der Waals surface area contributed by atoms with Crippen LogP contribution in [0.2, 0.25) is 0 Å². The third kappa shape index (κ3) is 6.90. The van der Waals surface area contributed by atoms with Gasteiger partial charge in [-0.05, 0) is 67.3 Å². The Kier molecular flexibility index (Phi) is 8.91. The van der Waals surface area contributed by atoms with E-state index in [2.05, 4.69) is 10.6 Å². The van der Waals surface area contributed by atoms with Crippen molar-refractivity contribution >= 4 is 29.1 Å². The summed E-state index contributed by atoms with van der Waals surface area (Å²) in [5.74, 6) is -1.64. The molecule has 214 valence electrons. The van der Waals surface area contributed by atoms with Crippen molar-refractivity contribution < 1.29 is 23.2 Å². The maximum absolute atomic E-state index is 14.3. The molecule has 2 aliphatic rings. The van der Waals surface area contributed by atoms with Gasteiger partial charge in [0.2, 0.25) is 5.91 Å². The van der Waals surface area contributed by atoms with Crippen molar-refractivity contribution in [3.63, 3.8) is 0 Å². The number of carbonyl (C=O) groups is 3. The van der Waals surface area contributed by atoms with Gasteiger partial charge < -0.3 is 20.4 Å². The molecule has 1 saturated heterocycles. The minimum atomic E-state index is -0.547. The highest BCUT2D eigenvalue weighted by molar-refractivity contribution is 6.02. The van der Waals surface area contributed by atoms with Crippen LogP contribution in [0.5, 0.6) is 0 Å². The maximum Gasteiger partial charge on any atom is 0.256 e. The third-order valence-corrected chi connectivity index (χ3v) is 7.83. The van der Waals surface area contributed by atoms with Crippen molar-refractivity contribution in [1.29, 1.82) is 0 Å². The molecule has 2 fully saturated rings. The number of halogens is 2. The summed E-state index contributed by atoms with van der Waals surface area (Å²) in [7, 11) is 0. The Hall–Kier alpha value is -4.27. The molecule has 0 unspecified atom stereocenters. The van der Waals surface area contributed by atoms with Gasteiger partial charge >= 0.3 is 0 Å². The number of benzene rings is 3. The molecule has 0 spiro atoms. The zero-order valence-corrected chi connectivity index (χ0v) is 22.9. The van der Waals surface area contributed by atoms with Crippen LogP contribution in [-0.4, -0.2) is 48.8 Å². The van der Waals surface area contributed by atoms with E-state index in [1.165, 1.54) is 24.3 Å². The van der Waals surface area contributed by atoms with Crippen molar-refractivity contribution in [1.82, 2.24) is 10.2 Å². The van der Waals surface area contributed by atoms with Crippen LogP contribution >= 0.6 is 0 Å². The normalized spacial score (nSPS) is 15.9. The summed E-state index contributed by atoms with van der Waals surface area (Å²) in [5.41, 5.74) is 2.42. The second-order valence-corrected chi connectivity index (χ2v) is 10.6. The van der Waals surface area contributed by atoms with E-state index in [9.17, 15) is 23.2 Å². The average Bonchev–Trinajstić information content (AvgIpc) is 3.42.